The molecule has 1 aliphatic carbocycles. The quantitative estimate of drug-likeness (QED) is 0.889. The Bertz CT molecular complexity index is 433. The summed E-state index contributed by atoms with van der Waals surface area (Å²) in [5.41, 5.74) is 1.29. The molecule has 0 amide bonds. The lowest BCUT2D eigenvalue weighted by Crippen LogP contribution is -2.32. The highest BCUT2D eigenvalue weighted by Gasteiger charge is 2.42. The molecule has 0 bridgehead atoms. The number of methoxy groups -OCH3 is 1. The number of carboxylic acids is 1. The molecule has 18 heavy (non-hydrogen) atoms. The molecule has 0 radical (unpaired) electrons. The number of aliphatic carboxylic acids is 1. The molecule has 0 heterocycles. The van der Waals surface area contributed by atoms with Gasteiger partial charge in [0.05, 0.1) is 11.5 Å². The van der Waals surface area contributed by atoms with Crippen LogP contribution in [0.4, 0.5) is 0 Å². The van der Waals surface area contributed by atoms with Gasteiger partial charge in [-0.25, -0.2) is 0 Å². The van der Waals surface area contributed by atoms with Gasteiger partial charge in [-0.3, -0.25) is 4.79 Å². The van der Waals surface area contributed by atoms with Gasteiger partial charge in [0.2, 0.25) is 0 Å². The van der Waals surface area contributed by atoms with Gasteiger partial charge in [-0.2, -0.15) is 0 Å². The smallest absolute Gasteiger partial charge is 0.314 e. The first-order valence-corrected chi connectivity index (χ1v) is 6.47. The third-order valence-corrected chi connectivity index (χ3v) is 4.13. The number of benzene rings is 1. The van der Waals surface area contributed by atoms with E-state index in [0.717, 1.165) is 36.8 Å². The molecule has 0 spiro atoms. The Kier molecular flexibility index (Phi) is 3.71. The van der Waals surface area contributed by atoms with Crippen LogP contribution in [0.2, 0.25) is 0 Å². The second kappa shape index (κ2) is 5.11. The predicted octanol–water partition coefficient (Wildman–Crippen LogP) is 3.29. The zero-order valence-electron chi connectivity index (χ0n) is 11.0. The molecule has 0 aromatic heterocycles. The molecule has 3 nitrogen and oxygen atoms in total. The van der Waals surface area contributed by atoms with E-state index in [0.29, 0.717) is 0 Å². The minimum absolute atomic E-state index is 0.00259. The molecule has 1 N–H and O–H groups in total. The van der Waals surface area contributed by atoms with E-state index in [1.807, 2.05) is 31.2 Å². The highest BCUT2D eigenvalue weighted by Crippen LogP contribution is 2.42. The number of hydrogen-bond donors (Lipinski definition) is 1. The van der Waals surface area contributed by atoms with Crippen molar-refractivity contribution in [2.75, 3.05) is 7.11 Å². The Morgan fingerprint density at radius 3 is 2.61 bits per heavy atom. The van der Waals surface area contributed by atoms with Crippen molar-refractivity contribution in [2.24, 2.45) is 0 Å². The lowest BCUT2D eigenvalue weighted by molar-refractivity contribution is -0.143. The van der Waals surface area contributed by atoms with Crippen molar-refractivity contribution < 1.29 is 14.6 Å². The minimum Gasteiger partial charge on any atom is -0.481 e. The van der Waals surface area contributed by atoms with Gasteiger partial charge in [0, 0.05) is 7.11 Å². The predicted molar refractivity (Wildman–Crippen MR) is 69.6 cm³/mol. The molecule has 1 aliphatic rings. The molecule has 0 aliphatic heterocycles. The molecule has 1 aromatic rings. The fraction of sp³-hybridized carbons (Fsp3) is 0.533. The van der Waals surface area contributed by atoms with Crippen LogP contribution in [-0.4, -0.2) is 18.2 Å². The fourth-order valence-electron chi connectivity index (χ4n) is 2.83. The van der Waals surface area contributed by atoms with Crippen LogP contribution >= 0.6 is 0 Å². The van der Waals surface area contributed by atoms with E-state index in [2.05, 4.69) is 0 Å². The van der Waals surface area contributed by atoms with Crippen molar-refractivity contribution in [3.63, 3.8) is 0 Å². The third-order valence-electron chi connectivity index (χ3n) is 4.13. The fourth-order valence-corrected chi connectivity index (χ4v) is 2.83. The van der Waals surface area contributed by atoms with E-state index in [1.165, 1.54) is 0 Å². The maximum absolute atomic E-state index is 11.6. The van der Waals surface area contributed by atoms with Crippen molar-refractivity contribution in [1.29, 1.82) is 0 Å². The molecule has 1 fully saturated rings. The molecule has 1 atom stereocenters. The summed E-state index contributed by atoms with van der Waals surface area (Å²) in [7, 11) is 1.67. The summed E-state index contributed by atoms with van der Waals surface area (Å²) in [4.78, 5) is 11.6. The number of rotatable bonds is 4. The van der Waals surface area contributed by atoms with Crippen LogP contribution in [0.1, 0.15) is 49.8 Å². The highest BCUT2D eigenvalue weighted by molar-refractivity contribution is 5.81. The number of ether oxygens (including phenoxy) is 1. The first-order chi connectivity index (χ1) is 8.60. The highest BCUT2D eigenvalue weighted by atomic mass is 16.5. The molecule has 3 heteroatoms. The monoisotopic (exact) mass is 248 g/mol. The van der Waals surface area contributed by atoms with Crippen molar-refractivity contribution >= 4 is 5.97 Å². The maximum atomic E-state index is 11.6. The summed E-state index contributed by atoms with van der Waals surface area (Å²) in [5.74, 6) is -0.692. The topological polar surface area (TPSA) is 46.5 Å². The third kappa shape index (κ3) is 2.15. The first-order valence-electron chi connectivity index (χ1n) is 6.47. The number of carbonyl (C=O) groups is 1. The Hall–Kier alpha value is -1.35. The Labute approximate surface area is 108 Å². The average molecular weight is 248 g/mol. The zero-order valence-corrected chi connectivity index (χ0v) is 11.0. The second-order valence-electron chi connectivity index (χ2n) is 5.10. The van der Waals surface area contributed by atoms with Gasteiger partial charge in [-0.15, -0.1) is 0 Å². The summed E-state index contributed by atoms with van der Waals surface area (Å²) < 4.78 is 5.30. The van der Waals surface area contributed by atoms with Gasteiger partial charge >= 0.3 is 5.97 Å². The number of hydrogen-bond acceptors (Lipinski definition) is 2. The van der Waals surface area contributed by atoms with Gasteiger partial charge in [0.25, 0.3) is 0 Å². The summed E-state index contributed by atoms with van der Waals surface area (Å²) in [6, 6.07) is 7.85. The average Bonchev–Trinajstić information content (AvgIpc) is 2.88. The second-order valence-corrected chi connectivity index (χ2v) is 5.10. The van der Waals surface area contributed by atoms with Crippen LogP contribution in [0.25, 0.3) is 0 Å². The van der Waals surface area contributed by atoms with Crippen LogP contribution in [0.15, 0.2) is 24.3 Å². The minimum atomic E-state index is -0.692. The van der Waals surface area contributed by atoms with Crippen LogP contribution in [0, 0.1) is 0 Å². The molecule has 0 saturated heterocycles. The molecule has 1 saturated carbocycles. The van der Waals surface area contributed by atoms with Crippen LogP contribution in [0.5, 0.6) is 0 Å². The summed E-state index contributed by atoms with van der Waals surface area (Å²) in [6.07, 6.45) is 3.48. The SMILES string of the molecule is COC(C)c1cccc(C2(C(=O)O)CCCC2)c1. The molecular formula is C15H20O3. The van der Waals surface area contributed by atoms with Gasteiger partial charge in [-0.1, -0.05) is 37.1 Å². The van der Waals surface area contributed by atoms with E-state index in [1.54, 1.807) is 7.11 Å². The summed E-state index contributed by atoms with van der Waals surface area (Å²) in [6.45, 7) is 1.97. The molecular weight excluding hydrogens is 228 g/mol. The number of carboxylic acid groups (broad SMARTS) is 1. The van der Waals surface area contributed by atoms with E-state index >= 15 is 0 Å². The van der Waals surface area contributed by atoms with Crippen LogP contribution in [-0.2, 0) is 14.9 Å². The van der Waals surface area contributed by atoms with E-state index in [4.69, 9.17) is 4.74 Å². The zero-order chi connectivity index (χ0) is 13.2. The Balaban J connectivity index is 2.40. The van der Waals surface area contributed by atoms with E-state index < -0.39 is 11.4 Å². The molecule has 98 valence electrons. The van der Waals surface area contributed by atoms with Crippen molar-refractivity contribution in [3.8, 4) is 0 Å². The van der Waals surface area contributed by atoms with E-state index in [9.17, 15) is 9.90 Å². The molecule has 1 unspecified atom stereocenters. The van der Waals surface area contributed by atoms with Gasteiger partial charge in [0.15, 0.2) is 0 Å². The Morgan fingerprint density at radius 2 is 2.06 bits per heavy atom. The lowest BCUT2D eigenvalue weighted by Gasteiger charge is -2.25. The normalized spacial score (nSPS) is 19.7. The first kappa shape index (κ1) is 13.1. The van der Waals surface area contributed by atoms with Crippen molar-refractivity contribution in [3.05, 3.63) is 35.4 Å². The van der Waals surface area contributed by atoms with Gasteiger partial charge in [-0.05, 0) is 30.9 Å². The maximum Gasteiger partial charge on any atom is 0.314 e. The van der Waals surface area contributed by atoms with Crippen molar-refractivity contribution in [1.82, 2.24) is 0 Å². The van der Waals surface area contributed by atoms with Crippen LogP contribution < -0.4 is 0 Å². The standard InChI is InChI=1S/C15H20O3/c1-11(18-2)12-6-5-7-13(10-12)15(14(16)17)8-3-4-9-15/h5-7,10-11H,3-4,8-9H2,1-2H3,(H,16,17). The van der Waals surface area contributed by atoms with Crippen LogP contribution in [0.3, 0.4) is 0 Å². The summed E-state index contributed by atoms with van der Waals surface area (Å²) >= 11 is 0. The summed E-state index contributed by atoms with van der Waals surface area (Å²) in [5, 5.41) is 9.57. The van der Waals surface area contributed by atoms with Crippen molar-refractivity contribution in [2.45, 2.75) is 44.1 Å². The molecule has 1 aromatic carbocycles. The lowest BCUT2D eigenvalue weighted by atomic mass is 9.78. The van der Waals surface area contributed by atoms with E-state index in [-0.39, 0.29) is 6.10 Å². The largest absolute Gasteiger partial charge is 0.481 e. The van der Waals surface area contributed by atoms with Gasteiger partial charge < -0.3 is 9.84 Å². The Morgan fingerprint density at radius 1 is 1.39 bits per heavy atom. The molecule has 2 rings (SSSR count). The van der Waals surface area contributed by atoms with Gasteiger partial charge in [0.1, 0.15) is 0 Å².